The molecule has 138 valence electrons. The van der Waals surface area contributed by atoms with Crippen molar-refractivity contribution in [3.8, 4) is 21.8 Å². The van der Waals surface area contributed by atoms with Gasteiger partial charge in [-0.3, -0.25) is 20.4 Å². The van der Waals surface area contributed by atoms with Crippen molar-refractivity contribution in [2.45, 2.75) is 0 Å². The summed E-state index contributed by atoms with van der Waals surface area (Å²) in [5, 5.41) is 0.736. The number of nitrogens with one attached hydrogen (secondary N) is 3. The Morgan fingerprint density at radius 1 is 0.786 bits per heavy atom. The lowest BCUT2D eigenvalue weighted by atomic mass is 10.1. The van der Waals surface area contributed by atoms with Crippen LogP contribution in [0.25, 0.3) is 21.8 Å². The van der Waals surface area contributed by atoms with Crippen LogP contribution >= 0.6 is 11.3 Å². The molecule has 0 radical (unpaired) electrons. The van der Waals surface area contributed by atoms with Gasteiger partial charge in [0, 0.05) is 17.3 Å². The van der Waals surface area contributed by atoms with Crippen molar-refractivity contribution < 1.29 is 9.59 Å². The normalized spacial score (nSPS) is 10.4. The predicted molar refractivity (Wildman–Crippen MR) is 109 cm³/mol. The zero-order valence-corrected chi connectivity index (χ0v) is 15.5. The third-order valence-corrected chi connectivity index (χ3v) is 5.14. The smallest absolute Gasteiger partial charge is 0.286 e. The van der Waals surface area contributed by atoms with Gasteiger partial charge in [-0.1, -0.05) is 60.7 Å². The van der Waals surface area contributed by atoms with Gasteiger partial charge in [0.15, 0.2) is 0 Å². The standard InChI is InChI=1S/C21H16N4O2S/c26-19(16-12-7-13-22-16)24-25-20(27)18-17(14-8-3-1-4-9-14)23-21(28-18)15-10-5-2-6-11-15/h1-13,22H,(H,24,26)(H,25,27). The Morgan fingerprint density at radius 2 is 1.43 bits per heavy atom. The van der Waals surface area contributed by atoms with E-state index in [9.17, 15) is 9.59 Å². The van der Waals surface area contributed by atoms with Crippen LogP contribution in [-0.4, -0.2) is 21.8 Å². The van der Waals surface area contributed by atoms with E-state index in [2.05, 4.69) is 20.8 Å². The van der Waals surface area contributed by atoms with Crippen molar-refractivity contribution in [1.29, 1.82) is 0 Å². The van der Waals surface area contributed by atoms with Gasteiger partial charge in [-0.15, -0.1) is 11.3 Å². The molecule has 0 aliphatic carbocycles. The summed E-state index contributed by atoms with van der Waals surface area (Å²) < 4.78 is 0. The number of thiazole rings is 1. The van der Waals surface area contributed by atoms with Crippen molar-refractivity contribution in [2.75, 3.05) is 0 Å². The van der Waals surface area contributed by atoms with Crippen LogP contribution in [-0.2, 0) is 0 Å². The van der Waals surface area contributed by atoms with E-state index in [0.29, 0.717) is 16.3 Å². The van der Waals surface area contributed by atoms with Gasteiger partial charge in [0.25, 0.3) is 11.8 Å². The zero-order chi connectivity index (χ0) is 19.3. The summed E-state index contributed by atoms with van der Waals surface area (Å²) in [6.07, 6.45) is 1.64. The number of H-pyrrole nitrogens is 1. The number of aromatic nitrogens is 2. The highest BCUT2D eigenvalue weighted by Gasteiger charge is 2.21. The van der Waals surface area contributed by atoms with Gasteiger partial charge in [0.1, 0.15) is 15.6 Å². The molecule has 0 saturated carbocycles. The van der Waals surface area contributed by atoms with Crippen molar-refractivity contribution in [2.24, 2.45) is 0 Å². The number of rotatable bonds is 4. The lowest BCUT2D eigenvalue weighted by Crippen LogP contribution is -2.41. The molecule has 4 aromatic rings. The average molecular weight is 388 g/mol. The number of hydrogen-bond acceptors (Lipinski definition) is 4. The quantitative estimate of drug-likeness (QED) is 0.464. The molecule has 28 heavy (non-hydrogen) atoms. The number of aromatic amines is 1. The Labute approximate surface area is 165 Å². The molecule has 0 bridgehead atoms. The number of hydrazine groups is 1. The largest absolute Gasteiger partial charge is 0.357 e. The van der Waals surface area contributed by atoms with Crippen molar-refractivity contribution in [3.05, 3.63) is 89.6 Å². The molecule has 0 aliphatic heterocycles. The minimum atomic E-state index is -0.424. The lowest BCUT2D eigenvalue weighted by Gasteiger charge is -2.06. The number of benzene rings is 2. The maximum Gasteiger partial charge on any atom is 0.286 e. The number of hydrogen-bond donors (Lipinski definition) is 3. The fourth-order valence-corrected chi connectivity index (χ4v) is 3.67. The van der Waals surface area contributed by atoms with E-state index in [1.54, 1.807) is 18.3 Å². The molecule has 7 heteroatoms. The van der Waals surface area contributed by atoms with E-state index in [4.69, 9.17) is 0 Å². The van der Waals surface area contributed by atoms with Crippen LogP contribution in [0.4, 0.5) is 0 Å². The van der Waals surface area contributed by atoms with Crippen LogP contribution in [0.3, 0.4) is 0 Å². The topological polar surface area (TPSA) is 86.9 Å². The molecule has 4 rings (SSSR count). The summed E-state index contributed by atoms with van der Waals surface area (Å²) in [5.41, 5.74) is 7.60. The van der Waals surface area contributed by atoms with Gasteiger partial charge in [-0.2, -0.15) is 0 Å². The van der Waals surface area contributed by atoms with Crippen LogP contribution in [0, 0.1) is 0 Å². The first kappa shape index (κ1) is 17.7. The third-order valence-electron chi connectivity index (χ3n) is 4.03. The van der Waals surface area contributed by atoms with E-state index in [0.717, 1.165) is 16.1 Å². The second kappa shape index (κ2) is 7.89. The molecule has 2 heterocycles. The fraction of sp³-hybridized carbons (Fsp3) is 0. The second-order valence-corrected chi connectivity index (χ2v) is 6.92. The van der Waals surface area contributed by atoms with E-state index in [-0.39, 0.29) is 0 Å². The Morgan fingerprint density at radius 3 is 2.07 bits per heavy atom. The van der Waals surface area contributed by atoms with Gasteiger partial charge in [-0.05, 0) is 12.1 Å². The summed E-state index contributed by atoms with van der Waals surface area (Å²) in [4.78, 5) is 32.8. The average Bonchev–Trinajstić information content (AvgIpc) is 3.43. The molecule has 0 aliphatic rings. The minimum absolute atomic E-state index is 0.359. The number of amides is 2. The molecule has 0 unspecified atom stereocenters. The Hall–Kier alpha value is -3.71. The highest BCUT2D eigenvalue weighted by molar-refractivity contribution is 7.17. The molecule has 6 nitrogen and oxygen atoms in total. The predicted octanol–water partition coefficient (Wildman–Crippen LogP) is 3.88. The summed E-state index contributed by atoms with van der Waals surface area (Å²) in [5.74, 6) is -0.842. The highest BCUT2D eigenvalue weighted by atomic mass is 32.1. The maximum absolute atomic E-state index is 12.8. The van der Waals surface area contributed by atoms with E-state index < -0.39 is 11.8 Å². The highest BCUT2D eigenvalue weighted by Crippen LogP contribution is 2.33. The van der Waals surface area contributed by atoms with Crippen LogP contribution in [0.2, 0.25) is 0 Å². The van der Waals surface area contributed by atoms with Gasteiger partial charge in [0.2, 0.25) is 0 Å². The van der Waals surface area contributed by atoms with Crippen LogP contribution < -0.4 is 10.9 Å². The molecular formula is C21H16N4O2S. The van der Waals surface area contributed by atoms with Crippen LogP contribution in [0.5, 0.6) is 0 Å². The zero-order valence-electron chi connectivity index (χ0n) is 14.7. The fourth-order valence-electron chi connectivity index (χ4n) is 2.68. The Bertz CT molecular complexity index is 1090. The molecule has 0 atom stereocenters. The monoisotopic (exact) mass is 388 g/mol. The molecular weight excluding hydrogens is 372 g/mol. The first-order valence-corrected chi connectivity index (χ1v) is 9.40. The molecule has 0 fully saturated rings. The second-order valence-electron chi connectivity index (χ2n) is 5.92. The lowest BCUT2D eigenvalue weighted by molar-refractivity contribution is 0.0846. The SMILES string of the molecule is O=C(NNC(=O)c1sc(-c2ccccc2)nc1-c1ccccc1)c1ccc[nH]1. The molecule has 0 saturated heterocycles. The van der Waals surface area contributed by atoms with E-state index >= 15 is 0 Å². The van der Waals surface area contributed by atoms with Gasteiger partial charge < -0.3 is 4.98 Å². The number of carbonyl (C=O) groups excluding carboxylic acids is 2. The molecule has 2 aromatic carbocycles. The first-order valence-electron chi connectivity index (χ1n) is 8.58. The molecule has 0 spiro atoms. The van der Waals surface area contributed by atoms with Crippen molar-refractivity contribution >= 4 is 23.2 Å². The third kappa shape index (κ3) is 3.70. The van der Waals surface area contributed by atoms with Gasteiger partial charge in [-0.25, -0.2) is 4.98 Å². The maximum atomic E-state index is 12.8. The van der Waals surface area contributed by atoms with Gasteiger partial charge in [0.05, 0.1) is 5.69 Å². The molecule has 3 N–H and O–H groups in total. The van der Waals surface area contributed by atoms with Crippen molar-refractivity contribution in [3.63, 3.8) is 0 Å². The van der Waals surface area contributed by atoms with E-state index in [1.807, 2.05) is 60.7 Å². The molecule has 2 aromatic heterocycles. The van der Waals surface area contributed by atoms with E-state index in [1.165, 1.54) is 11.3 Å². The summed E-state index contributed by atoms with van der Waals surface area (Å²) in [7, 11) is 0. The van der Waals surface area contributed by atoms with Crippen LogP contribution in [0.1, 0.15) is 20.2 Å². The first-order chi connectivity index (χ1) is 13.7. The van der Waals surface area contributed by atoms with Gasteiger partial charge >= 0.3 is 0 Å². The summed E-state index contributed by atoms with van der Waals surface area (Å²) in [6.45, 7) is 0. The number of nitrogens with zero attached hydrogens (tertiary/aromatic N) is 1. The Kier molecular flexibility index (Phi) is 4.99. The molecule has 2 amide bonds. The van der Waals surface area contributed by atoms with Crippen LogP contribution in [0.15, 0.2) is 79.0 Å². The summed E-state index contributed by atoms with van der Waals surface area (Å²) >= 11 is 1.28. The Balaban J connectivity index is 1.63. The summed E-state index contributed by atoms with van der Waals surface area (Å²) in [6, 6.07) is 22.5. The number of carbonyl (C=O) groups is 2. The van der Waals surface area contributed by atoms with Crippen molar-refractivity contribution in [1.82, 2.24) is 20.8 Å². The minimum Gasteiger partial charge on any atom is -0.357 e.